The number of amides is 3. The highest BCUT2D eigenvalue weighted by atomic mass is 19.3. The monoisotopic (exact) mass is 887 g/mol. The van der Waals surface area contributed by atoms with Crippen LogP contribution in [0.5, 0.6) is 0 Å². The van der Waals surface area contributed by atoms with Gasteiger partial charge in [-0.3, -0.25) is 9.69 Å². The maximum Gasteiger partial charge on any atom is 0.407 e. The van der Waals surface area contributed by atoms with Gasteiger partial charge in [0.25, 0.3) is 5.92 Å². The zero-order chi connectivity index (χ0) is 45.5. The molecule has 17 heteroatoms. The molecule has 15 nitrogen and oxygen atoms in total. The van der Waals surface area contributed by atoms with Crippen LogP contribution in [0.1, 0.15) is 93.7 Å². The minimum absolute atomic E-state index is 0.00551. The van der Waals surface area contributed by atoms with E-state index in [-0.39, 0.29) is 58.8 Å². The van der Waals surface area contributed by atoms with Crippen molar-refractivity contribution in [3.05, 3.63) is 83.6 Å². The second kappa shape index (κ2) is 15.9. The average molecular weight is 888 g/mol. The highest BCUT2D eigenvalue weighted by Crippen LogP contribution is 2.59. The summed E-state index contributed by atoms with van der Waals surface area (Å²) < 4.78 is 42.9. The number of likely N-dealkylation sites (tertiary alicyclic amines) is 2. The molecular weight excluding hydrogens is 837 g/mol. The Labute approximate surface area is 373 Å². The molecule has 4 fully saturated rings. The van der Waals surface area contributed by atoms with E-state index < -0.39 is 36.4 Å². The standard InChI is InChI=1S/C48H51F2N9O6/c1-24(2)39(57-46(63)65-4)44(61)58-23-47(14-15-47)21-38(58)41-52-22-37(55-41)27-7-11-31-30-10-6-25(18-32(30)48(49,50)33(31)19-27)26-8-12-34-36(20-26)54-42(53-34)40-28-5-9-29(17-28)59(40)43(60)35(13-16-51)56-45(62)64-3/h6-8,10-12,18-20,22,24,28-29,35,38-40,43,60H,5,9,13-15,17,21,23H2,1-4H3,(H,52,55)(H,53,54)(H,56,62)(H,57,63)/t28-,29+,35-,38-,39-,40-,43?/m0/s1. The molecule has 5 aliphatic rings. The highest BCUT2D eigenvalue weighted by molar-refractivity contribution is 5.88. The molecule has 7 atom stereocenters. The number of alkyl carbamates (subject to hydrolysis) is 2. The van der Waals surface area contributed by atoms with Crippen LogP contribution in [0.15, 0.2) is 60.8 Å². The van der Waals surface area contributed by atoms with Crippen molar-refractivity contribution in [2.75, 3.05) is 20.8 Å². The van der Waals surface area contributed by atoms with E-state index in [0.29, 0.717) is 57.2 Å². The third-order valence-electron chi connectivity index (χ3n) is 14.6. The summed E-state index contributed by atoms with van der Waals surface area (Å²) in [4.78, 5) is 58.4. The van der Waals surface area contributed by atoms with Crippen molar-refractivity contribution >= 4 is 29.1 Å². The first kappa shape index (κ1) is 42.6. The fourth-order valence-electron chi connectivity index (χ4n) is 11.0. The summed E-state index contributed by atoms with van der Waals surface area (Å²) in [6.07, 6.45) is 4.34. The normalized spacial score (nSPS) is 23.5. The lowest BCUT2D eigenvalue weighted by Gasteiger charge is -2.40. The summed E-state index contributed by atoms with van der Waals surface area (Å²) in [6.45, 7) is 4.29. The average Bonchev–Trinajstić information content (AvgIpc) is 3.96. The lowest BCUT2D eigenvalue weighted by molar-refractivity contribution is -0.135. The number of carbonyl (C=O) groups is 3. The number of fused-ring (bicyclic) bond motifs is 6. The first-order chi connectivity index (χ1) is 31.2. The number of hydrogen-bond acceptors (Lipinski definition) is 10. The van der Waals surface area contributed by atoms with Crippen molar-refractivity contribution in [2.24, 2.45) is 17.3 Å². The largest absolute Gasteiger partial charge is 0.453 e. The van der Waals surface area contributed by atoms with Crippen LogP contribution in [-0.2, 0) is 20.2 Å². The number of hydrogen-bond donors (Lipinski definition) is 5. The lowest BCUT2D eigenvalue weighted by Crippen LogP contribution is -2.54. The second-order valence-corrected chi connectivity index (χ2v) is 18.8. The molecule has 2 saturated carbocycles. The minimum atomic E-state index is -3.30. The second-order valence-electron chi connectivity index (χ2n) is 18.8. The zero-order valence-corrected chi connectivity index (χ0v) is 36.5. The third kappa shape index (κ3) is 7.27. The van der Waals surface area contributed by atoms with Crippen molar-refractivity contribution in [3.63, 3.8) is 0 Å². The maximum atomic E-state index is 16.7. The molecule has 1 spiro atoms. The summed E-state index contributed by atoms with van der Waals surface area (Å²) in [7, 11) is 2.49. The van der Waals surface area contributed by atoms with E-state index in [1.165, 1.54) is 20.3 Å². The number of rotatable bonds is 11. The van der Waals surface area contributed by atoms with E-state index in [1.54, 1.807) is 29.3 Å². The molecule has 3 aromatic carbocycles. The Morgan fingerprint density at radius 2 is 1.62 bits per heavy atom. The lowest BCUT2D eigenvalue weighted by atomic mass is 9.97. The van der Waals surface area contributed by atoms with Gasteiger partial charge in [0.15, 0.2) is 0 Å². The molecule has 2 aromatic heterocycles. The molecule has 2 bridgehead atoms. The number of H-pyrrole nitrogens is 2. The van der Waals surface area contributed by atoms with Crippen molar-refractivity contribution in [2.45, 2.75) is 101 Å². The number of imidazole rings is 2. The summed E-state index contributed by atoms with van der Waals surface area (Å²) >= 11 is 0. The quantitative estimate of drug-likeness (QED) is 0.0877. The molecule has 5 N–H and O–H groups in total. The minimum Gasteiger partial charge on any atom is -0.453 e. The van der Waals surface area contributed by atoms with Gasteiger partial charge in [-0.05, 0) is 102 Å². The number of nitrogens with one attached hydrogen (secondary N) is 4. The van der Waals surface area contributed by atoms with Gasteiger partial charge in [-0.2, -0.15) is 14.0 Å². The first-order valence-corrected chi connectivity index (χ1v) is 22.3. The van der Waals surface area contributed by atoms with E-state index in [0.717, 1.165) is 44.1 Å². The van der Waals surface area contributed by atoms with Gasteiger partial charge in [-0.15, -0.1) is 0 Å². The van der Waals surface area contributed by atoms with Crippen LogP contribution in [0.4, 0.5) is 18.4 Å². The van der Waals surface area contributed by atoms with Crippen molar-refractivity contribution in [3.8, 4) is 39.6 Å². The molecule has 5 aromatic rings. The molecule has 65 heavy (non-hydrogen) atoms. The molecule has 1 unspecified atom stereocenters. The maximum absolute atomic E-state index is 16.7. The Morgan fingerprint density at radius 3 is 2.31 bits per heavy atom. The molecular formula is C48H51F2N9O6. The van der Waals surface area contributed by atoms with Gasteiger partial charge in [0.05, 0.1) is 67.8 Å². The van der Waals surface area contributed by atoms with Crippen molar-refractivity contribution in [1.29, 1.82) is 5.26 Å². The van der Waals surface area contributed by atoms with Crippen LogP contribution in [-0.4, -0.2) is 98.1 Å². The topological polar surface area (TPSA) is 202 Å². The number of benzene rings is 3. The van der Waals surface area contributed by atoms with Crippen molar-refractivity contribution in [1.82, 2.24) is 40.4 Å². The van der Waals surface area contributed by atoms with E-state index in [2.05, 4.69) is 26.7 Å². The number of halogens is 2. The van der Waals surface area contributed by atoms with E-state index in [4.69, 9.17) is 19.4 Å². The Morgan fingerprint density at radius 1 is 0.938 bits per heavy atom. The van der Waals surface area contributed by atoms with Gasteiger partial charge in [-0.25, -0.2) is 19.6 Å². The van der Waals surface area contributed by atoms with Crippen molar-refractivity contribution < 1.29 is 37.7 Å². The van der Waals surface area contributed by atoms with Gasteiger partial charge in [-0.1, -0.05) is 44.2 Å². The Kier molecular flexibility index (Phi) is 10.4. The van der Waals surface area contributed by atoms with Gasteiger partial charge in [0, 0.05) is 29.3 Å². The van der Waals surface area contributed by atoms with Crippen LogP contribution >= 0.6 is 0 Å². The summed E-state index contributed by atoms with van der Waals surface area (Å²) in [6, 6.07) is 15.6. The van der Waals surface area contributed by atoms with Crippen LogP contribution in [0.2, 0.25) is 0 Å². The zero-order valence-electron chi connectivity index (χ0n) is 36.5. The SMILES string of the molecule is COC(=O)N[C@@H](CC#N)C(O)N1[C@@H]2CC[C@@H](C2)[C@H]1c1nc2ccc(-c3ccc4c(c3)C(F)(F)c3cc(-c5cnc([C@@H]6CC7(CC7)CN6C(=O)[C@@H](NC(=O)OC)C(C)C)[nH]5)ccc3-4)cc2[nH]1. The summed E-state index contributed by atoms with van der Waals surface area (Å²) in [5, 5.41) is 26.4. The third-order valence-corrected chi connectivity index (χ3v) is 14.6. The molecule has 338 valence electrons. The predicted octanol–water partition coefficient (Wildman–Crippen LogP) is 7.66. The first-order valence-electron chi connectivity index (χ1n) is 22.3. The van der Waals surface area contributed by atoms with Gasteiger partial charge >= 0.3 is 12.2 Å². The molecule has 3 aliphatic carbocycles. The number of aliphatic hydroxyl groups is 1. The van der Waals surface area contributed by atoms with E-state index >= 15 is 8.78 Å². The molecule has 2 saturated heterocycles. The number of piperidine rings is 1. The number of aromatic amines is 2. The fourth-order valence-corrected chi connectivity index (χ4v) is 11.0. The number of nitriles is 1. The summed E-state index contributed by atoms with van der Waals surface area (Å²) in [5.41, 5.74) is 4.55. The molecule has 3 amide bonds. The van der Waals surface area contributed by atoms with Crippen LogP contribution in [0.3, 0.4) is 0 Å². The molecule has 2 aliphatic heterocycles. The molecule has 4 heterocycles. The molecule has 10 rings (SSSR count). The number of carbonyl (C=O) groups excluding carboxylic acids is 3. The number of aromatic nitrogens is 4. The number of aliphatic hydroxyl groups excluding tert-OH is 1. The number of nitrogens with zero attached hydrogens (tertiary/aromatic N) is 5. The molecule has 0 radical (unpaired) electrons. The Bertz CT molecular complexity index is 2760. The van der Waals surface area contributed by atoms with Gasteiger partial charge < -0.3 is 40.1 Å². The van der Waals surface area contributed by atoms with E-state index in [1.807, 2.05) is 49.1 Å². The van der Waals surface area contributed by atoms with Crippen LogP contribution < -0.4 is 10.6 Å². The van der Waals surface area contributed by atoms with Crippen LogP contribution in [0, 0.1) is 28.6 Å². The Hall–Kier alpha value is -6.38. The van der Waals surface area contributed by atoms with E-state index in [9.17, 15) is 24.8 Å². The highest BCUT2D eigenvalue weighted by Gasteiger charge is 2.56. The predicted molar refractivity (Wildman–Crippen MR) is 234 cm³/mol. The number of ether oxygens (including phenoxy) is 2. The summed E-state index contributed by atoms with van der Waals surface area (Å²) in [5.74, 6) is -2.26. The van der Waals surface area contributed by atoms with Gasteiger partial charge in [0.2, 0.25) is 5.91 Å². The fraction of sp³-hybridized carbons (Fsp3) is 0.458. The number of alkyl halides is 2. The van der Waals surface area contributed by atoms with Gasteiger partial charge in [0.1, 0.15) is 23.9 Å². The Balaban J connectivity index is 0.894. The number of methoxy groups -OCH3 is 2. The smallest absolute Gasteiger partial charge is 0.407 e. The van der Waals surface area contributed by atoms with Crippen LogP contribution in [0.25, 0.3) is 44.5 Å².